The maximum Gasteiger partial charge on any atom is 0.410 e. The van der Waals surface area contributed by atoms with E-state index in [0.29, 0.717) is 42.5 Å². The van der Waals surface area contributed by atoms with E-state index in [-0.39, 0.29) is 55.4 Å². The molecule has 1 unspecified atom stereocenters. The summed E-state index contributed by atoms with van der Waals surface area (Å²) >= 11 is 12.5. The van der Waals surface area contributed by atoms with Crippen molar-refractivity contribution in [2.45, 2.75) is 69.2 Å². The van der Waals surface area contributed by atoms with Gasteiger partial charge in [0.2, 0.25) is 11.8 Å². The number of nitrogens with one attached hydrogen (secondary N) is 1. The SMILES string of the molecule is CN(C(=O)OCC1CCC(F)(F)C1)[C@@]1(C(=O)C2CCN(C(=O)C3(C)CC3)CC2)CNC[C@@H]1c1ccc(Cl)c(Cl)c1. The first-order valence-corrected chi connectivity index (χ1v) is 14.9. The number of halogens is 4. The molecule has 2 saturated heterocycles. The molecule has 3 atom stereocenters. The molecule has 220 valence electrons. The topological polar surface area (TPSA) is 79.0 Å². The lowest BCUT2D eigenvalue weighted by Crippen LogP contribution is -2.62. The molecule has 5 rings (SSSR count). The van der Waals surface area contributed by atoms with E-state index in [1.54, 1.807) is 19.2 Å². The highest BCUT2D eigenvalue weighted by Gasteiger charge is 2.57. The highest BCUT2D eigenvalue weighted by Crippen LogP contribution is 2.48. The van der Waals surface area contributed by atoms with Crippen LogP contribution in [0.5, 0.6) is 0 Å². The number of likely N-dealkylation sites (tertiary alicyclic amines) is 1. The van der Waals surface area contributed by atoms with Crippen LogP contribution in [0.3, 0.4) is 0 Å². The van der Waals surface area contributed by atoms with E-state index in [0.717, 1.165) is 18.4 Å². The molecule has 2 heterocycles. The lowest BCUT2D eigenvalue weighted by Gasteiger charge is -2.44. The third-order valence-electron chi connectivity index (χ3n) is 9.58. The van der Waals surface area contributed by atoms with E-state index >= 15 is 0 Å². The van der Waals surface area contributed by atoms with Crippen molar-refractivity contribution in [2.24, 2.45) is 17.3 Å². The normalized spacial score (nSPS) is 29.3. The molecule has 4 fully saturated rings. The van der Waals surface area contributed by atoms with Crippen LogP contribution in [0.2, 0.25) is 10.0 Å². The highest BCUT2D eigenvalue weighted by atomic mass is 35.5. The fourth-order valence-corrected chi connectivity index (χ4v) is 7.02. The molecule has 0 bridgehead atoms. The first kappa shape index (κ1) is 29.5. The predicted molar refractivity (Wildman–Crippen MR) is 148 cm³/mol. The van der Waals surface area contributed by atoms with Gasteiger partial charge in [0.25, 0.3) is 0 Å². The number of carbonyl (C=O) groups is 3. The first-order valence-electron chi connectivity index (χ1n) is 14.1. The van der Waals surface area contributed by atoms with Gasteiger partial charge in [-0.05, 0) is 55.7 Å². The molecule has 1 aromatic rings. The highest BCUT2D eigenvalue weighted by molar-refractivity contribution is 6.42. The molecule has 2 aliphatic carbocycles. The molecule has 11 heteroatoms. The lowest BCUT2D eigenvalue weighted by molar-refractivity contribution is -0.142. The number of likely N-dealkylation sites (N-methyl/N-ethyl adjacent to an activating group) is 1. The molecular weight excluding hydrogens is 563 g/mol. The smallest absolute Gasteiger partial charge is 0.410 e. The molecule has 1 aromatic carbocycles. The molecule has 0 radical (unpaired) electrons. The van der Waals surface area contributed by atoms with Crippen molar-refractivity contribution in [3.8, 4) is 0 Å². The Morgan fingerprint density at radius 2 is 1.80 bits per heavy atom. The van der Waals surface area contributed by atoms with Gasteiger partial charge in [0.1, 0.15) is 5.54 Å². The fraction of sp³-hybridized carbons (Fsp3) is 0.690. The van der Waals surface area contributed by atoms with Gasteiger partial charge in [-0.15, -0.1) is 0 Å². The average Bonchev–Trinajstić information content (AvgIpc) is 3.37. The molecule has 40 heavy (non-hydrogen) atoms. The Bertz CT molecular complexity index is 1170. The zero-order valence-corrected chi connectivity index (χ0v) is 24.5. The van der Waals surface area contributed by atoms with Gasteiger partial charge in [0.15, 0.2) is 5.78 Å². The van der Waals surface area contributed by atoms with E-state index in [1.807, 2.05) is 17.9 Å². The maximum atomic E-state index is 14.5. The largest absolute Gasteiger partial charge is 0.449 e. The van der Waals surface area contributed by atoms with Crippen LogP contribution < -0.4 is 5.32 Å². The standard InChI is InChI=1S/C29H37Cl2F2N3O4/c1-27(9-10-27)25(38)36-11-6-19(7-12-36)24(37)29(17-34-15-21(29)20-3-4-22(30)23(31)13-20)35(2)26(39)40-16-18-5-8-28(32,33)14-18/h3-4,13,18-19,21,34H,5-12,14-17H2,1-2H3/t18?,21-,29+/m1/s1. The van der Waals surface area contributed by atoms with Crippen LogP contribution in [0.15, 0.2) is 18.2 Å². The number of hydrogen-bond acceptors (Lipinski definition) is 5. The Morgan fingerprint density at radius 1 is 1.10 bits per heavy atom. The second-order valence-electron chi connectivity index (χ2n) is 12.4. The summed E-state index contributed by atoms with van der Waals surface area (Å²) in [6, 6.07) is 5.21. The van der Waals surface area contributed by atoms with Crippen molar-refractivity contribution in [1.82, 2.24) is 15.1 Å². The summed E-state index contributed by atoms with van der Waals surface area (Å²) in [6.45, 7) is 3.49. The Hall–Kier alpha value is -1.97. The fourth-order valence-electron chi connectivity index (χ4n) is 6.71. The number of amides is 2. The summed E-state index contributed by atoms with van der Waals surface area (Å²) < 4.78 is 32.9. The summed E-state index contributed by atoms with van der Waals surface area (Å²) in [5.41, 5.74) is -0.788. The van der Waals surface area contributed by atoms with Crippen LogP contribution in [0.25, 0.3) is 0 Å². The Kier molecular flexibility index (Phi) is 8.14. The Balaban J connectivity index is 1.37. The molecule has 2 saturated carbocycles. The van der Waals surface area contributed by atoms with Gasteiger partial charge in [-0.1, -0.05) is 36.2 Å². The molecule has 1 N–H and O–H groups in total. The Morgan fingerprint density at radius 3 is 2.40 bits per heavy atom. The minimum atomic E-state index is -2.73. The number of piperidine rings is 1. The van der Waals surface area contributed by atoms with E-state index in [1.165, 1.54) is 4.90 Å². The number of alkyl halides is 2. The number of ether oxygens (including phenoxy) is 1. The number of benzene rings is 1. The lowest BCUT2D eigenvalue weighted by atomic mass is 9.72. The number of ketones is 1. The van der Waals surface area contributed by atoms with Crippen LogP contribution in [-0.4, -0.2) is 78.9 Å². The summed E-state index contributed by atoms with van der Waals surface area (Å²) in [5, 5.41) is 4.04. The predicted octanol–water partition coefficient (Wildman–Crippen LogP) is 5.53. The summed E-state index contributed by atoms with van der Waals surface area (Å²) in [6.07, 6.45) is 1.87. The number of rotatable bonds is 7. The summed E-state index contributed by atoms with van der Waals surface area (Å²) in [4.78, 5) is 44.0. The second-order valence-corrected chi connectivity index (χ2v) is 13.2. The summed E-state index contributed by atoms with van der Waals surface area (Å²) in [5.74, 6) is -3.88. The quantitative estimate of drug-likeness (QED) is 0.446. The van der Waals surface area contributed by atoms with Crippen LogP contribution in [0.4, 0.5) is 13.6 Å². The van der Waals surface area contributed by atoms with Crippen LogP contribution >= 0.6 is 23.2 Å². The van der Waals surface area contributed by atoms with Gasteiger partial charge in [0, 0.05) is 63.3 Å². The zero-order chi connectivity index (χ0) is 28.9. The van der Waals surface area contributed by atoms with Crippen LogP contribution in [-0.2, 0) is 14.3 Å². The minimum Gasteiger partial charge on any atom is -0.449 e. The molecular formula is C29H37Cl2F2N3O4. The molecule has 4 aliphatic rings. The number of nitrogens with zero attached hydrogens (tertiary/aromatic N) is 2. The average molecular weight is 601 g/mol. The van der Waals surface area contributed by atoms with E-state index in [9.17, 15) is 23.2 Å². The minimum absolute atomic E-state index is 0.0924. The van der Waals surface area contributed by atoms with Gasteiger partial charge in [-0.25, -0.2) is 13.6 Å². The van der Waals surface area contributed by atoms with Gasteiger partial charge in [-0.3, -0.25) is 14.5 Å². The molecule has 2 aliphatic heterocycles. The van der Waals surface area contributed by atoms with Crippen molar-refractivity contribution in [3.05, 3.63) is 33.8 Å². The molecule has 0 aromatic heterocycles. The monoisotopic (exact) mass is 599 g/mol. The van der Waals surface area contributed by atoms with Crippen molar-refractivity contribution in [2.75, 3.05) is 39.8 Å². The molecule has 0 spiro atoms. The maximum absolute atomic E-state index is 14.5. The second kappa shape index (κ2) is 11.0. The van der Waals surface area contributed by atoms with E-state index in [4.69, 9.17) is 27.9 Å². The van der Waals surface area contributed by atoms with Crippen molar-refractivity contribution < 1.29 is 27.9 Å². The third-order valence-corrected chi connectivity index (χ3v) is 10.3. The van der Waals surface area contributed by atoms with E-state index < -0.39 is 29.4 Å². The number of Topliss-reactive ketones (excluding diaryl/α,β-unsaturated/α-hetero) is 1. The zero-order valence-electron chi connectivity index (χ0n) is 23.0. The van der Waals surface area contributed by atoms with Gasteiger partial charge in [-0.2, -0.15) is 0 Å². The van der Waals surface area contributed by atoms with Gasteiger partial charge in [0.05, 0.1) is 16.7 Å². The molecule has 2 amide bonds. The van der Waals surface area contributed by atoms with Crippen LogP contribution in [0, 0.1) is 17.3 Å². The van der Waals surface area contributed by atoms with Gasteiger partial charge >= 0.3 is 6.09 Å². The van der Waals surface area contributed by atoms with Gasteiger partial charge < -0.3 is 15.0 Å². The number of hydrogen-bond donors (Lipinski definition) is 1. The van der Waals surface area contributed by atoms with E-state index in [2.05, 4.69) is 5.32 Å². The van der Waals surface area contributed by atoms with Crippen molar-refractivity contribution in [3.63, 3.8) is 0 Å². The third kappa shape index (κ3) is 5.58. The Labute approximate surface area is 243 Å². The summed E-state index contributed by atoms with van der Waals surface area (Å²) in [7, 11) is 1.55. The van der Waals surface area contributed by atoms with Crippen molar-refractivity contribution >= 4 is 41.0 Å². The first-order chi connectivity index (χ1) is 18.9. The number of carbonyl (C=O) groups excluding carboxylic acids is 3. The van der Waals surface area contributed by atoms with Crippen LogP contribution in [0.1, 0.15) is 63.4 Å². The molecule has 7 nitrogen and oxygen atoms in total. The van der Waals surface area contributed by atoms with Crippen molar-refractivity contribution in [1.29, 1.82) is 0 Å².